The molecule has 0 saturated carbocycles. The van der Waals surface area contributed by atoms with Gasteiger partial charge in [0.25, 0.3) is 0 Å². The number of ether oxygens (including phenoxy) is 1. The number of hydrogen-bond donors (Lipinski definition) is 0. The lowest BCUT2D eigenvalue weighted by molar-refractivity contribution is -0.0101. The third-order valence-corrected chi connectivity index (χ3v) is 3.80. The summed E-state index contributed by atoms with van der Waals surface area (Å²) in [6.45, 7) is 3.53. The van der Waals surface area contributed by atoms with Crippen LogP contribution in [-0.4, -0.2) is 32.1 Å². The van der Waals surface area contributed by atoms with Crippen LogP contribution < -0.4 is 0 Å². The molecule has 0 aliphatic carbocycles. The summed E-state index contributed by atoms with van der Waals surface area (Å²) < 4.78 is 6.26. The average Bonchev–Trinajstić information content (AvgIpc) is 2.55. The van der Waals surface area contributed by atoms with E-state index in [1.54, 1.807) is 0 Å². The van der Waals surface area contributed by atoms with E-state index in [-0.39, 0.29) is 0 Å². The maximum absolute atomic E-state index is 9.15. The molecule has 0 radical (unpaired) electrons. The molecule has 3 nitrogen and oxygen atoms in total. The molecule has 0 bridgehead atoms. The molecule has 1 atom stereocenters. The van der Waals surface area contributed by atoms with Gasteiger partial charge < -0.3 is 9.64 Å². The number of nitrogens with zero attached hydrogens (tertiary/aromatic N) is 2. The molecule has 0 spiro atoms. The summed E-state index contributed by atoms with van der Waals surface area (Å²) in [5.41, 5.74) is 2.17. The van der Waals surface area contributed by atoms with Crippen molar-refractivity contribution in [2.45, 2.75) is 12.5 Å². The predicted octanol–water partition coefficient (Wildman–Crippen LogP) is 3.40. The van der Waals surface area contributed by atoms with E-state index in [9.17, 15) is 0 Å². The molecule has 0 aliphatic rings. The lowest BCUT2D eigenvalue weighted by Crippen LogP contribution is -2.31. The fourth-order valence-corrected chi connectivity index (χ4v) is 2.41. The average molecular weight is 294 g/mol. The summed E-state index contributed by atoms with van der Waals surface area (Å²) in [5, 5.41) is 9.15. The number of rotatable bonds is 6. The number of hydrogen-bond acceptors (Lipinski definition) is 3. The molecule has 2 aromatic carbocycles. The van der Waals surface area contributed by atoms with E-state index < -0.39 is 5.60 Å². The summed E-state index contributed by atoms with van der Waals surface area (Å²) in [4.78, 5) is 2.09. The first-order valence-corrected chi connectivity index (χ1v) is 7.41. The van der Waals surface area contributed by atoms with Crippen LogP contribution in [0.15, 0.2) is 54.6 Å². The topological polar surface area (TPSA) is 36.3 Å². The standard InChI is InChI=1S/C19H22N2O/c1-19(22-13-12-21(2)3,17-9-5-4-6-10-17)18-11-7-8-16(14-18)15-20/h4-11,14H,12-13H2,1-3H3. The molecule has 3 heteroatoms. The van der Waals surface area contributed by atoms with Crippen molar-refractivity contribution in [3.8, 4) is 6.07 Å². The van der Waals surface area contributed by atoms with Gasteiger partial charge in [-0.2, -0.15) is 5.26 Å². The zero-order chi connectivity index (χ0) is 16.0. The maximum Gasteiger partial charge on any atom is 0.115 e. The van der Waals surface area contributed by atoms with Crippen molar-refractivity contribution in [2.24, 2.45) is 0 Å². The summed E-state index contributed by atoms with van der Waals surface area (Å²) in [6.07, 6.45) is 0. The first-order chi connectivity index (χ1) is 10.6. The molecule has 0 saturated heterocycles. The van der Waals surface area contributed by atoms with Crippen molar-refractivity contribution >= 4 is 0 Å². The summed E-state index contributed by atoms with van der Waals surface area (Å²) in [5.74, 6) is 0. The smallest absolute Gasteiger partial charge is 0.115 e. The van der Waals surface area contributed by atoms with Gasteiger partial charge in [-0.3, -0.25) is 0 Å². The van der Waals surface area contributed by atoms with Crippen molar-refractivity contribution in [1.82, 2.24) is 4.90 Å². The van der Waals surface area contributed by atoms with Crippen LogP contribution in [0, 0.1) is 11.3 Å². The second-order valence-electron chi connectivity index (χ2n) is 5.74. The zero-order valence-corrected chi connectivity index (χ0v) is 13.4. The van der Waals surface area contributed by atoms with Crippen molar-refractivity contribution < 1.29 is 4.74 Å². The van der Waals surface area contributed by atoms with Gasteiger partial charge in [0.05, 0.1) is 18.2 Å². The maximum atomic E-state index is 9.15. The van der Waals surface area contributed by atoms with E-state index in [1.165, 1.54) is 0 Å². The minimum atomic E-state index is -0.565. The monoisotopic (exact) mass is 294 g/mol. The summed E-state index contributed by atoms with van der Waals surface area (Å²) in [6, 6.07) is 20.0. The fourth-order valence-electron chi connectivity index (χ4n) is 2.41. The van der Waals surface area contributed by atoms with Crippen LogP contribution in [0.4, 0.5) is 0 Å². The highest BCUT2D eigenvalue weighted by atomic mass is 16.5. The molecule has 2 aromatic rings. The first-order valence-electron chi connectivity index (χ1n) is 7.41. The second kappa shape index (κ2) is 7.22. The highest BCUT2D eigenvalue weighted by Crippen LogP contribution is 2.33. The minimum Gasteiger partial charge on any atom is -0.365 e. The Labute approximate surface area is 132 Å². The highest BCUT2D eigenvalue weighted by Gasteiger charge is 2.30. The van der Waals surface area contributed by atoms with Gasteiger partial charge in [0.2, 0.25) is 0 Å². The molecule has 0 heterocycles. The van der Waals surface area contributed by atoms with Crippen LogP contribution in [0.5, 0.6) is 0 Å². The van der Waals surface area contributed by atoms with Crippen LogP contribution in [0.3, 0.4) is 0 Å². The van der Waals surface area contributed by atoms with Crippen molar-refractivity contribution in [3.63, 3.8) is 0 Å². The van der Waals surface area contributed by atoms with Crippen LogP contribution in [-0.2, 0) is 10.3 Å². The van der Waals surface area contributed by atoms with Crippen molar-refractivity contribution in [2.75, 3.05) is 27.2 Å². The van der Waals surface area contributed by atoms with E-state index in [0.717, 1.165) is 17.7 Å². The lowest BCUT2D eigenvalue weighted by Gasteiger charge is -2.32. The van der Waals surface area contributed by atoms with Crippen molar-refractivity contribution in [1.29, 1.82) is 5.26 Å². The molecule has 1 unspecified atom stereocenters. The molecule has 0 amide bonds. The van der Waals surface area contributed by atoms with Crippen LogP contribution >= 0.6 is 0 Å². The van der Waals surface area contributed by atoms with Gasteiger partial charge in [0, 0.05) is 6.54 Å². The van der Waals surface area contributed by atoms with Crippen molar-refractivity contribution in [3.05, 3.63) is 71.3 Å². The van der Waals surface area contributed by atoms with Gasteiger partial charge in [0.1, 0.15) is 5.60 Å². The molecule has 0 aromatic heterocycles. The van der Waals surface area contributed by atoms with Crippen LogP contribution in [0.1, 0.15) is 23.6 Å². The van der Waals surface area contributed by atoms with Gasteiger partial charge in [-0.25, -0.2) is 0 Å². The Hall–Kier alpha value is -2.15. The Balaban J connectivity index is 2.38. The van der Waals surface area contributed by atoms with E-state index in [2.05, 4.69) is 30.0 Å². The zero-order valence-electron chi connectivity index (χ0n) is 13.4. The van der Waals surface area contributed by atoms with E-state index in [4.69, 9.17) is 10.00 Å². The van der Waals surface area contributed by atoms with Gasteiger partial charge in [0.15, 0.2) is 0 Å². The Morgan fingerprint density at radius 1 is 1.05 bits per heavy atom. The minimum absolute atomic E-state index is 0.565. The predicted molar refractivity (Wildman–Crippen MR) is 88.6 cm³/mol. The number of likely N-dealkylation sites (N-methyl/N-ethyl adjacent to an activating group) is 1. The Morgan fingerprint density at radius 2 is 1.73 bits per heavy atom. The first kappa shape index (κ1) is 16.2. The summed E-state index contributed by atoms with van der Waals surface area (Å²) >= 11 is 0. The normalized spacial score (nSPS) is 13.6. The van der Waals surface area contributed by atoms with E-state index in [0.29, 0.717) is 12.2 Å². The molecular formula is C19H22N2O. The largest absolute Gasteiger partial charge is 0.365 e. The molecule has 0 N–H and O–H groups in total. The quantitative estimate of drug-likeness (QED) is 0.819. The van der Waals surface area contributed by atoms with Gasteiger partial charge >= 0.3 is 0 Å². The Bertz CT molecular complexity index is 646. The Kier molecular flexibility index (Phi) is 5.32. The SMILES string of the molecule is CN(C)CCOC(C)(c1ccccc1)c1cccc(C#N)c1. The molecular weight excluding hydrogens is 272 g/mol. The number of benzene rings is 2. The van der Waals surface area contributed by atoms with Crippen LogP contribution in [0.2, 0.25) is 0 Å². The third kappa shape index (κ3) is 3.73. The molecule has 22 heavy (non-hydrogen) atoms. The van der Waals surface area contributed by atoms with Crippen LogP contribution in [0.25, 0.3) is 0 Å². The molecule has 2 rings (SSSR count). The second-order valence-corrected chi connectivity index (χ2v) is 5.74. The highest BCUT2D eigenvalue weighted by molar-refractivity contribution is 5.41. The number of nitriles is 1. The molecule has 0 aliphatic heterocycles. The van der Waals surface area contributed by atoms with Gasteiger partial charge in [-0.1, -0.05) is 42.5 Å². The van der Waals surface area contributed by atoms with Gasteiger partial charge in [-0.05, 0) is 44.3 Å². The van der Waals surface area contributed by atoms with E-state index >= 15 is 0 Å². The van der Waals surface area contributed by atoms with Gasteiger partial charge in [-0.15, -0.1) is 0 Å². The third-order valence-electron chi connectivity index (χ3n) is 3.80. The Morgan fingerprint density at radius 3 is 2.36 bits per heavy atom. The van der Waals surface area contributed by atoms with E-state index in [1.807, 2.05) is 56.6 Å². The lowest BCUT2D eigenvalue weighted by atomic mass is 9.87. The molecule has 114 valence electrons. The summed E-state index contributed by atoms with van der Waals surface area (Å²) in [7, 11) is 4.05. The molecule has 0 fully saturated rings. The fraction of sp³-hybridized carbons (Fsp3) is 0.316.